The first kappa shape index (κ1) is 17.8. The number of thiophene rings is 1. The Kier molecular flexibility index (Phi) is 6.45. The van der Waals surface area contributed by atoms with E-state index in [-0.39, 0.29) is 0 Å². The number of anilines is 1. The lowest BCUT2D eigenvalue weighted by Gasteiger charge is -2.06. The molecule has 3 aromatic heterocycles. The number of furan rings is 1. The summed E-state index contributed by atoms with van der Waals surface area (Å²) in [6, 6.07) is 5.67. The van der Waals surface area contributed by atoms with Gasteiger partial charge < -0.3 is 15.5 Å². The molecule has 0 aliphatic heterocycles. The highest BCUT2D eigenvalue weighted by Crippen LogP contribution is 2.36. The number of halogens is 1. The molecule has 23 heavy (non-hydrogen) atoms. The highest BCUT2D eigenvalue weighted by Gasteiger charge is 2.14. The van der Waals surface area contributed by atoms with Crippen LogP contribution in [-0.2, 0) is 13.0 Å². The number of fused-ring (bicyclic) bond motifs is 1. The van der Waals surface area contributed by atoms with Crippen LogP contribution in [-0.4, -0.2) is 11.5 Å². The van der Waals surface area contributed by atoms with Gasteiger partial charge in [-0.2, -0.15) is 0 Å². The van der Waals surface area contributed by atoms with E-state index in [1.165, 1.54) is 10.4 Å². The van der Waals surface area contributed by atoms with Gasteiger partial charge in [-0.25, -0.2) is 4.98 Å². The molecule has 3 heterocycles. The number of aromatic nitrogens is 1. The highest BCUT2D eigenvalue weighted by molar-refractivity contribution is 7.19. The van der Waals surface area contributed by atoms with E-state index in [1.54, 1.807) is 17.6 Å². The topological polar surface area (TPSA) is 64.1 Å². The molecule has 6 heteroatoms. The number of nitrogens with one attached hydrogen (secondary N) is 1. The summed E-state index contributed by atoms with van der Waals surface area (Å²) in [5, 5.41) is 3.86. The van der Waals surface area contributed by atoms with E-state index < -0.39 is 0 Å². The smallest absolute Gasteiger partial charge is 0.131 e. The molecule has 0 spiro atoms. The average Bonchev–Trinajstić information content (AvgIpc) is 3.18. The Labute approximate surface area is 145 Å². The Hall–Kier alpha value is -1.56. The van der Waals surface area contributed by atoms with Gasteiger partial charge in [0.25, 0.3) is 0 Å². The molecule has 0 unspecified atom stereocenters. The van der Waals surface area contributed by atoms with Crippen LogP contribution in [0, 0.1) is 6.92 Å². The number of aryl methyl sites for hydroxylation is 1. The van der Waals surface area contributed by atoms with Crippen molar-refractivity contribution in [1.29, 1.82) is 0 Å². The van der Waals surface area contributed by atoms with Gasteiger partial charge in [-0.3, -0.25) is 0 Å². The van der Waals surface area contributed by atoms with Gasteiger partial charge in [0.15, 0.2) is 0 Å². The Morgan fingerprint density at radius 3 is 2.83 bits per heavy atom. The maximum atomic E-state index is 6.15. The third-order valence-electron chi connectivity index (χ3n) is 3.35. The van der Waals surface area contributed by atoms with Crippen LogP contribution in [0.5, 0.6) is 0 Å². The Bertz CT molecular complexity index is 753. The van der Waals surface area contributed by atoms with Gasteiger partial charge in [0.2, 0.25) is 0 Å². The fourth-order valence-corrected chi connectivity index (χ4v) is 3.73. The fraction of sp³-hybridized carbons (Fsp3) is 0.353. The first-order chi connectivity index (χ1) is 11.2. The second kappa shape index (κ2) is 8.34. The van der Waals surface area contributed by atoms with Crippen molar-refractivity contribution in [2.24, 2.45) is 5.73 Å². The number of nitrogens with zero attached hydrogens (tertiary/aromatic N) is 1. The lowest BCUT2D eigenvalue weighted by molar-refractivity contribution is 0.518. The SMILES string of the molecule is CC.Cc1c(CCN)sc2c(NCc3ccco3)cc(Cl)nc12. The van der Waals surface area contributed by atoms with Crippen molar-refractivity contribution >= 4 is 38.8 Å². The van der Waals surface area contributed by atoms with E-state index in [0.29, 0.717) is 18.2 Å². The van der Waals surface area contributed by atoms with Crippen LogP contribution < -0.4 is 11.1 Å². The van der Waals surface area contributed by atoms with E-state index in [9.17, 15) is 0 Å². The molecule has 0 bridgehead atoms. The number of hydrogen-bond acceptors (Lipinski definition) is 5. The average molecular weight is 352 g/mol. The lowest BCUT2D eigenvalue weighted by atomic mass is 10.2. The van der Waals surface area contributed by atoms with Crippen molar-refractivity contribution in [2.75, 3.05) is 11.9 Å². The van der Waals surface area contributed by atoms with E-state index in [4.69, 9.17) is 21.8 Å². The lowest BCUT2D eigenvalue weighted by Crippen LogP contribution is -2.01. The van der Waals surface area contributed by atoms with E-state index >= 15 is 0 Å². The fourth-order valence-electron chi connectivity index (χ4n) is 2.29. The van der Waals surface area contributed by atoms with Crippen LogP contribution in [0.15, 0.2) is 28.9 Å². The van der Waals surface area contributed by atoms with Crippen molar-refractivity contribution in [2.45, 2.75) is 33.7 Å². The number of rotatable bonds is 5. The van der Waals surface area contributed by atoms with Crippen LogP contribution in [0.25, 0.3) is 10.2 Å². The molecule has 3 N–H and O–H groups in total. The second-order valence-electron chi connectivity index (χ2n) is 4.79. The van der Waals surface area contributed by atoms with Crippen molar-refractivity contribution in [3.63, 3.8) is 0 Å². The number of nitrogens with two attached hydrogens (primary N) is 1. The first-order valence-corrected chi connectivity index (χ1v) is 8.93. The highest BCUT2D eigenvalue weighted by atomic mass is 35.5. The normalized spacial score (nSPS) is 10.5. The first-order valence-electron chi connectivity index (χ1n) is 7.74. The van der Waals surface area contributed by atoms with E-state index in [0.717, 1.165) is 28.1 Å². The summed E-state index contributed by atoms with van der Waals surface area (Å²) < 4.78 is 6.46. The van der Waals surface area contributed by atoms with Crippen molar-refractivity contribution in [3.05, 3.63) is 45.8 Å². The standard InChI is InChI=1S/C15H16ClN3OS.C2H6/c1-9-12(4-5-17)21-15-11(7-13(16)19-14(9)15)18-8-10-3-2-6-20-10;1-2/h2-3,6-7H,4-5,8,17H2,1H3,(H,18,19);1-2H3. The van der Waals surface area contributed by atoms with Crippen LogP contribution in [0.1, 0.15) is 30.0 Å². The molecule has 0 saturated heterocycles. The molecular formula is C17H22ClN3OS. The minimum atomic E-state index is 0.490. The molecule has 0 aliphatic rings. The predicted octanol–water partition coefficient (Wildman–Crippen LogP) is 4.99. The Balaban J connectivity index is 0.000000924. The zero-order chi connectivity index (χ0) is 16.8. The molecule has 0 aliphatic carbocycles. The van der Waals surface area contributed by atoms with Gasteiger partial charge in [-0.1, -0.05) is 25.4 Å². The van der Waals surface area contributed by atoms with Gasteiger partial charge in [-0.05, 0) is 37.6 Å². The molecule has 0 saturated carbocycles. The Morgan fingerprint density at radius 2 is 2.17 bits per heavy atom. The van der Waals surface area contributed by atoms with Gasteiger partial charge in [0.1, 0.15) is 10.9 Å². The van der Waals surface area contributed by atoms with Crippen LogP contribution in [0.2, 0.25) is 5.15 Å². The molecule has 124 valence electrons. The van der Waals surface area contributed by atoms with Crippen LogP contribution >= 0.6 is 22.9 Å². The summed E-state index contributed by atoms with van der Waals surface area (Å²) >= 11 is 7.87. The van der Waals surface area contributed by atoms with Crippen molar-refractivity contribution in [1.82, 2.24) is 4.98 Å². The zero-order valence-corrected chi connectivity index (χ0v) is 15.2. The molecule has 0 atom stereocenters. The minimum Gasteiger partial charge on any atom is -0.467 e. The predicted molar refractivity (Wildman–Crippen MR) is 99.5 cm³/mol. The second-order valence-corrected chi connectivity index (χ2v) is 6.28. The summed E-state index contributed by atoms with van der Waals surface area (Å²) in [6.45, 7) is 7.33. The number of hydrogen-bond donors (Lipinski definition) is 2. The minimum absolute atomic E-state index is 0.490. The summed E-state index contributed by atoms with van der Waals surface area (Å²) in [5.41, 5.74) is 8.79. The van der Waals surface area contributed by atoms with Crippen molar-refractivity contribution < 1.29 is 4.42 Å². The third-order valence-corrected chi connectivity index (χ3v) is 4.91. The van der Waals surface area contributed by atoms with E-state index in [2.05, 4.69) is 17.2 Å². The molecule has 0 aromatic carbocycles. The third kappa shape index (κ3) is 4.05. The zero-order valence-electron chi connectivity index (χ0n) is 13.6. The van der Waals surface area contributed by atoms with Crippen LogP contribution in [0.3, 0.4) is 0 Å². The maximum Gasteiger partial charge on any atom is 0.131 e. The monoisotopic (exact) mass is 351 g/mol. The van der Waals surface area contributed by atoms with Gasteiger partial charge >= 0.3 is 0 Å². The van der Waals surface area contributed by atoms with Gasteiger partial charge in [0.05, 0.1) is 28.7 Å². The largest absolute Gasteiger partial charge is 0.467 e. The molecule has 0 radical (unpaired) electrons. The van der Waals surface area contributed by atoms with Crippen LogP contribution in [0.4, 0.5) is 5.69 Å². The van der Waals surface area contributed by atoms with Gasteiger partial charge in [-0.15, -0.1) is 11.3 Å². The summed E-state index contributed by atoms with van der Waals surface area (Å²) in [6.07, 6.45) is 2.53. The quantitative estimate of drug-likeness (QED) is 0.635. The Morgan fingerprint density at radius 1 is 1.39 bits per heavy atom. The maximum absolute atomic E-state index is 6.15. The van der Waals surface area contributed by atoms with Crippen molar-refractivity contribution in [3.8, 4) is 0 Å². The molecule has 4 nitrogen and oxygen atoms in total. The summed E-state index contributed by atoms with van der Waals surface area (Å²) in [7, 11) is 0. The summed E-state index contributed by atoms with van der Waals surface area (Å²) in [4.78, 5) is 5.72. The molecule has 3 aromatic rings. The van der Waals surface area contributed by atoms with Gasteiger partial charge in [0, 0.05) is 10.9 Å². The molecule has 3 rings (SSSR count). The molecular weight excluding hydrogens is 330 g/mol. The summed E-state index contributed by atoms with van der Waals surface area (Å²) in [5.74, 6) is 0.881. The van der Waals surface area contributed by atoms with E-state index in [1.807, 2.05) is 32.0 Å². The molecule has 0 amide bonds. The number of pyridine rings is 1. The molecule has 0 fully saturated rings.